The molecule has 2 aromatic carbocycles. The molecule has 0 amide bonds. The maximum Gasteiger partial charge on any atom is 0.347 e. The second-order valence-corrected chi connectivity index (χ2v) is 8.01. The molecule has 0 bridgehead atoms. The van der Waals surface area contributed by atoms with E-state index in [4.69, 9.17) is 4.42 Å². The van der Waals surface area contributed by atoms with E-state index < -0.39 is 5.63 Å². The molecule has 0 saturated carbocycles. The highest BCUT2D eigenvalue weighted by molar-refractivity contribution is 5.86. The highest BCUT2D eigenvalue weighted by Crippen LogP contribution is 2.28. The summed E-state index contributed by atoms with van der Waals surface area (Å²) >= 11 is 0. The van der Waals surface area contributed by atoms with Crippen molar-refractivity contribution in [3.8, 4) is 17.1 Å². The maximum absolute atomic E-state index is 12.8. The highest BCUT2D eigenvalue weighted by atomic mass is 16.4. The zero-order valence-corrected chi connectivity index (χ0v) is 16.4. The summed E-state index contributed by atoms with van der Waals surface area (Å²) in [6.07, 6.45) is 3.62. The van der Waals surface area contributed by atoms with Crippen LogP contribution in [0.25, 0.3) is 33.4 Å². The zero-order valence-electron chi connectivity index (χ0n) is 16.4. The fourth-order valence-electron chi connectivity index (χ4n) is 4.39. The van der Waals surface area contributed by atoms with Crippen LogP contribution in [0.5, 0.6) is 5.75 Å². The van der Waals surface area contributed by atoms with Gasteiger partial charge in [0.15, 0.2) is 5.58 Å². The predicted octanol–water partition coefficient (Wildman–Crippen LogP) is 3.00. The maximum atomic E-state index is 12.8. The third-order valence-electron chi connectivity index (χ3n) is 6.11. The predicted molar refractivity (Wildman–Crippen MR) is 112 cm³/mol. The van der Waals surface area contributed by atoms with Gasteiger partial charge >= 0.3 is 5.63 Å². The molecule has 1 saturated heterocycles. The quantitative estimate of drug-likeness (QED) is 0.470. The Morgan fingerprint density at radius 2 is 2.10 bits per heavy atom. The number of likely N-dealkylation sites (tertiary alicyclic amines) is 1. The Balaban J connectivity index is 1.60. The molecule has 5 rings (SSSR count). The smallest absolute Gasteiger partial charge is 0.347 e. The second kappa shape index (κ2) is 7.04. The van der Waals surface area contributed by atoms with Gasteiger partial charge in [-0.05, 0) is 56.5 Å². The molecule has 2 atom stereocenters. The fourth-order valence-corrected chi connectivity index (χ4v) is 4.39. The molecule has 6 heteroatoms. The van der Waals surface area contributed by atoms with E-state index in [1.165, 1.54) is 24.2 Å². The monoisotopic (exact) mass is 390 g/mol. The van der Waals surface area contributed by atoms with Gasteiger partial charge in [-0.3, -0.25) is 0 Å². The molecule has 1 aliphatic heterocycles. The van der Waals surface area contributed by atoms with Crippen molar-refractivity contribution in [2.24, 2.45) is 0 Å². The largest absolute Gasteiger partial charge is 0.507 e. The first-order valence-corrected chi connectivity index (χ1v) is 10.2. The molecule has 1 aliphatic rings. The Hall–Kier alpha value is -3.12. The van der Waals surface area contributed by atoms with E-state index in [9.17, 15) is 9.90 Å². The van der Waals surface area contributed by atoms with Gasteiger partial charge in [-0.1, -0.05) is 12.1 Å². The number of para-hydroxylation sites is 2. The van der Waals surface area contributed by atoms with E-state index >= 15 is 0 Å². The molecule has 3 N–H and O–H groups in total. The van der Waals surface area contributed by atoms with Gasteiger partial charge in [-0.2, -0.15) is 0 Å². The topological polar surface area (TPSA) is 83.6 Å². The summed E-state index contributed by atoms with van der Waals surface area (Å²) < 4.78 is 5.74. The number of H-pyrrole nitrogens is 1. The van der Waals surface area contributed by atoms with Crippen LogP contribution >= 0.6 is 0 Å². The van der Waals surface area contributed by atoms with E-state index in [0.717, 1.165) is 23.0 Å². The van der Waals surface area contributed by atoms with Gasteiger partial charge in [0.05, 0.1) is 29.2 Å². The number of aromatic amines is 1. The van der Waals surface area contributed by atoms with Crippen LogP contribution in [0.1, 0.15) is 31.7 Å². The number of quaternary nitrogens is 1. The number of piperidine rings is 1. The molecule has 0 aliphatic carbocycles. The number of benzene rings is 2. The van der Waals surface area contributed by atoms with Crippen molar-refractivity contribution in [2.75, 3.05) is 6.54 Å². The van der Waals surface area contributed by atoms with Crippen LogP contribution in [-0.4, -0.2) is 27.7 Å². The first-order valence-electron chi connectivity index (χ1n) is 10.2. The molecule has 3 heterocycles. The minimum Gasteiger partial charge on any atom is -0.507 e. The van der Waals surface area contributed by atoms with Crippen LogP contribution in [0.2, 0.25) is 0 Å². The van der Waals surface area contributed by atoms with Crippen molar-refractivity contribution >= 4 is 22.0 Å². The molecule has 2 aromatic heterocycles. The summed E-state index contributed by atoms with van der Waals surface area (Å²) in [5.74, 6) is 0.675. The summed E-state index contributed by atoms with van der Waals surface area (Å²) in [6.45, 7) is 3.96. The van der Waals surface area contributed by atoms with Gasteiger partial charge in [0.25, 0.3) is 0 Å². The third kappa shape index (κ3) is 3.19. The van der Waals surface area contributed by atoms with Crippen molar-refractivity contribution in [2.45, 2.75) is 38.8 Å². The molecule has 1 unspecified atom stereocenters. The summed E-state index contributed by atoms with van der Waals surface area (Å²) in [6, 6.07) is 13.5. The first-order chi connectivity index (χ1) is 14.1. The number of nitrogens with zero attached hydrogens (tertiary/aromatic N) is 1. The standard InChI is InChI=1S/C23H23N3O3/c1-14-6-4-5-11-26(14)13-17-20(27)10-9-15-12-16(23(28)29-21(15)17)22-24-18-7-2-3-8-19(18)25-22/h2-3,7-10,12,14,27H,4-6,11,13H2,1H3,(H,24,25)/p+1/t14-/m1/s1. The molecule has 4 aromatic rings. The van der Waals surface area contributed by atoms with Crippen molar-refractivity contribution < 1.29 is 14.4 Å². The molecule has 0 radical (unpaired) electrons. The average molecular weight is 390 g/mol. The zero-order chi connectivity index (χ0) is 20.0. The molecular formula is C23H24N3O3+. The fraction of sp³-hybridized carbons (Fsp3) is 0.304. The van der Waals surface area contributed by atoms with Crippen molar-refractivity contribution in [3.05, 3.63) is 58.4 Å². The van der Waals surface area contributed by atoms with Crippen molar-refractivity contribution in [1.82, 2.24) is 9.97 Å². The number of aromatic hydroxyl groups is 1. The van der Waals surface area contributed by atoms with Gasteiger partial charge < -0.3 is 19.4 Å². The lowest BCUT2D eigenvalue weighted by atomic mass is 10.0. The Morgan fingerprint density at radius 3 is 2.93 bits per heavy atom. The minimum absolute atomic E-state index is 0.183. The van der Waals surface area contributed by atoms with E-state index in [0.29, 0.717) is 35.1 Å². The van der Waals surface area contributed by atoms with Crippen molar-refractivity contribution in [3.63, 3.8) is 0 Å². The van der Waals surface area contributed by atoms with E-state index in [2.05, 4.69) is 16.9 Å². The number of imidazole rings is 1. The highest BCUT2D eigenvalue weighted by Gasteiger charge is 2.25. The van der Waals surface area contributed by atoms with Crippen LogP contribution in [-0.2, 0) is 6.54 Å². The van der Waals surface area contributed by atoms with E-state index in [1.54, 1.807) is 18.2 Å². The summed E-state index contributed by atoms with van der Waals surface area (Å²) in [5, 5.41) is 11.3. The Bertz CT molecular complexity index is 1220. The number of phenolic OH excluding ortho intramolecular Hbond substituents is 1. The molecular weight excluding hydrogens is 366 g/mol. The summed E-state index contributed by atoms with van der Waals surface area (Å²) in [4.78, 5) is 22.0. The van der Waals surface area contributed by atoms with Crippen molar-refractivity contribution in [1.29, 1.82) is 0 Å². The minimum atomic E-state index is -0.454. The summed E-state index contributed by atoms with van der Waals surface area (Å²) in [5.41, 5.74) is 2.79. The Labute approximate surface area is 167 Å². The number of fused-ring (bicyclic) bond motifs is 2. The van der Waals surface area contributed by atoms with Gasteiger partial charge in [0.2, 0.25) is 0 Å². The number of nitrogens with one attached hydrogen (secondary N) is 2. The van der Waals surface area contributed by atoms with Crippen LogP contribution in [0.15, 0.2) is 51.7 Å². The van der Waals surface area contributed by atoms with E-state index in [-0.39, 0.29) is 5.75 Å². The third-order valence-corrected chi connectivity index (χ3v) is 6.11. The molecule has 1 fully saturated rings. The average Bonchev–Trinajstić information content (AvgIpc) is 3.15. The molecule has 148 valence electrons. The number of hydrogen-bond donors (Lipinski definition) is 3. The van der Waals surface area contributed by atoms with Crippen LogP contribution in [0, 0.1) is 0 Å². The number of phenols is 1. The Kier molecular flexibility index (Phi) is 4.36. The molecule has 0 spiro atoms. The second-order valence-electron chi connectivity index (χ2n) is 8.01. The first kappa shape index (κ1) is 17.9. The molecule has 6 nitrogen and oxygen atoms in total. The van der Waals surface area contributed by atoms with Crippen LogP contribution in [0.3, 0.4) is 0 Å². The van der Waals surface area contributed by atoms with Gasteiger partial charge in [0, 0.05) is 5.39 Å². The lowest BCUT2D eigenvalue weighted by Gasteiger charge is -2.30. The lowest BCUT2D eigenvalue weighted by molar-refractivity contribution is -0.941. The van der Waals surface area contributed by atoms with Gasteiger partial charge in [-0.15, -0.1) is 0 Å². The molecule has 29 heavy (non-hydrogen) atoms. The van der Waals surface area contributed by atoms with Gasteiger partial charge in [-0.25, -0.2) is 9.78 Å². The van der Waals surface area contributed by atoms with Crippen LogP contribution in [0.4, 0.5) is 0 Å². The van der Waals surface area contributed by atoms with E-state index in [1.807, 2.05) is 24.3 Å². The SMILES string of the molecule is C[C@@H]1CCCC[NH+]1Cc1c(O)ccc2cc(-c3nc4ccccc4[nH]3)c(=O)oc12. The van der Waals surface area contributed by atoms with Crippen LogP contribution < -0.4 is 10.5 Å². The summed E-state index contributed by atoms with van der Waals surface area (Å²) in [7, 11) is 0. The lowest BCUT2D eigenvalue weighted by Crippen LogP contribution is -3.14. The number of rotatable bonds is 3. The normalized spacial score (nSPS) is 19.8. The number of aromatic nitrogens is 2. The van der Waals surface area contributed by atoms with Gasteiger partial charge in [0.1, 0.15) is 23.7 Å². The Morgan fingerprint density at radius 1 is 1.24 bits per heavy atom. The number of hydrogen-bond acceptors (Lipinski definition) is 4.